The van der Waals surface area contributed by atoms with Crippen molar-refractivity contribution >= 4 is 5.97 Å². The zero-order valence-electron chi connectivity index (χ0n) is 19.5. The standard InChI is InChI=1S/C26H36O6/c1-17-13-21(10-8-6-5-7-9-20-11-12-20)31-24(28)16-26(29)15-22(27)18(2)25(32-26)19(3)23(14-17)30-4/h5-6,8,10,14,18-23,25,27,29H,11-13,15-16H2,1-4H3/b6-5+,10-8+,17-14+/t18-,19-,21+,22+,23-,25+,26+/m1/s1. The second kappa shape index (κ2) is 10.8. The maximum atomic E-state index is 12.7. The van der Waals surface area contributed by atoms with Gasteiger partial charge in [-0.2, -0.15) is 0 Å². The predicted octanol–water partition coefficient (Wildman–Crippen LogP) is 3.29. The fourth-order valence-corrected chi connectivity index (χ4v) is 4.40. The zero-order valence-corrected chi connectivity index (χ0v) is 19.5. The van der Waals surface area contributed by atoms with E-state index in [0.29, 0.717) is 12.3 Å². The summed E-state index contributed by atoms with van der Waals surface area (Å²) in [5, 5.41) is 21.6. The van der Waals surface area contributed by atoms with Crippen molar-refractivity contribution in [2.45, 2.75) is 83.1 Å². The molecule has 6 heteroatoms. The van der Waals surface area contributed by atoms with Gasteiger partial charge >= 0.3 is 5.97 Å². The summed E-state index contributed by atoms with van der Waals surface area (Å²) in [6, 6.07) is 0. The Hall–Kier alpha value is -1.91. The topological polar surface area (TPSA) is 85.2 Å². The summed E-state index contributed by atoms with van der Waals surface area (Å²) in [5.41, 5.74) is 1.02. The van der Waals surface area contributed by atoms with E-state index >= 15 is 0 Å². The van der Waals surface area contributed by atoms with Crippen LogP contribution in [0.1, 0.15) is 52.9 Å². The number of hydrogen-bond donors (Lipinski definition) is 2. The molecule has 0 spiro atoms. The lowest BCUT2D eigenvalue weighted by atomic mass is 9.80. The number of carbonyl (C=O) groups is 1. The molecule has 32 heavy (non-hydrogen) atoms. The van der Waals surface area contributed by atoms with Gasteiger partial charge in [-0.25, -0.2) is 0 Å². The van der Waals surface area contributed by atoms with Crippen LogP contribution in [0.2, 0.25) is 0 Å². The summed E-state index contributed by atoms with van der Waals surface area (Å²) in [6.07, 6.45) is 9.74. The first-order chi connectivity index (χ1) is 15.2. The van der Waals surface area contributed by atoms with Crippen LogP contribution in [0, 0.1) is 29.6 Å². The summed E-state index contributed by atoms with van der Waals surface area (Å²) in [7, 11) is 1.64. The monoisotopic (exact) mass is 444 g/mol. The number of carbonyl (C=O) groups excluding carboxylic acids is 1. The normalized spacial score (nSPS) is 40.6. The average Bonchev–Trinajstić information content (AvgIpc) is 3.54. The minimum absolute atomic E-state index is 0.0398. The number of esters is 1. The third-order valence-corrected chi connectivity index (χ3v) is 6.47. The van der Waals surface area contributed by atoms with E-state index in [-0.39, 0.29) is 30.8 Å². The quantitative estimate of drug-likeness (QED) is 0.301. The number of allylic oxidation sites excluding steroid dienone is 3. The highest BCUT2D eigenvalue weighted by molar-refractivity contribution is 5.71. The van der Waals surface area contributed by atoms with Gasteiger partial charge in [-0.3, -0.25) is 4.79 Å². The second-order valence-corrected chi connectivity index (χ2v) is 9.45. The molecule has 0 amide bonds. The van der Waals surface area contributed by atoms with Crippen LogP contribution in [0.3, 0.4) is 0 Å². The van der Waals surface area contributed by atoms with Crippen molar-refractivity contribution < 1.29 is 29.2 Å². The highest BCUT2D eigenvalue weighted by Gasteiger charge is 2.48. The molecule has 3 aliphatic rings. The van der Waals surface area contributed by atoms with Crippen molar-refractivity contribution in [3.63, 3.8) is 0 Å². The molecular formula is C26H36O6. The number of aliphatic hydroxyl groups is 2. The number of rotatable bonds is 3. The van der Waals surface area contributed by atoms with E-state index in [1.807, 2.05) is 45.1 Å². The van der Waals surface area contributed by atoms with Gasteiger partial charge in [0.2, 0.25) is 0 Å². The van der Waals surface area contributed by atoms with Gasteiger partial charge in [-0.05, 0) is 31.9 Å². The SMILES string of the molecule is CO[C@@H]1/C=C(\C)C[C@H](/C=C/C=C/C#CC2CC2)OC(=O)C[C@]2(O)C[C@H](O)[C@@H](C)[C@H](O2)[C@@H]1C. The molecule has 2 heterocycles. The number of ether oxygens (including phenoxy) is 3. The summed E-state index contributed by atoms with van der Waals surface area (Å²) in [5.74, 6) is 4.05. The van der Waals surface area contributed by atoms with Gasteiger partial charge in [0.25, 0.3) is 0 Å². The van der Waals surface area contributed by atoms with Crippen LogP contribution in [-0.2, 0) is 19.0 Å². The largest absolute Gasteiger partial charge is 0.458 e. The van der Waals surface area contributed by atoms with Crippen LogP contribution >= 0.6 is 0 Å². The molecule has 2 fully saturated rings. The van der Waals surface area contributed by atoms with Crippen LogP contribution < -0.4 is 0 Å². The Balaban J connectivity index is 1.81. The third kappa shape index (κ3) is 6.79. The highest BCUT2D eigenvalue weighted by Crippen LogP contribution is 2.38. The van der Waals surface area contributed by atoms with Crippen molar-refractivity contribution in [1.82, 2.24) is 0 Å². The Morgan fingerprint density at radius 2 is 2.00 bits per heavy atom. The van der Waals surface area contributed by atoms with Gasteiger partial charge in [0.1, 0.15) is 6.10 Å². The minimum Gasteiger partial charge on any atom is -0.458 e. The van der Waals surface area contributed by atoms with Gasteiger partial charge in [-0.1, -0.05) is 49.5 Å². The average molecular weight is 445 g/mol. The lowest BCUT2D eigenvalue weighted by molar-refractivity contribution is -0.301. The molecule has 2 bridgehead atoms. The summed E-state index contributed by atoms with van der Waals surface area (Å²) < 4.78 is 17.4. The van der Waals surface area contributed by atoms with Crippen molar-refractivity contribution in [3.8, 4) is 11.8 Å². The highest BCUT2D eigenvalue weighted by atomic mass is 16.6. The van der Waals surface area contributed by atoms with E-state index in [9.17, 15) is 15.0 Å². The minimum atomic E-state index is -1.77. The van der Waals surface area contributed by atoms with E-state index in [0.717, 1.165) is 5.57 Å². The Labute approximate surface area is 191 Å². The lowest BCUT2D eigenvalue weighted by Gasteiger charge is -2.46. The van der Waals surface area contributed by atoms with E-state index in [2.05, 4.69) is 11.8 Å². The van der Waals surface area contributed by atoms with Gasteiger partial charge < -0.3 is 24.4 Å². The Kier molecular flexibility index (Phi) is 8.35. The third-order valence-electron chi connectivity index (χ3n) is 6.47. The zero-order chi connectivity index (χ0) is 23.3. The van der Waals surface area contributed by atoms with Crippen molar-refractivity contribution in [2.24, 2.45) is 17.8 Å². The van der Waals surface area contributed by atoms with Crippen LogP contribution in [0.25, 0.3) is 0 Å². The summed E-state index contributed by atoms with van der Waals surface area (Å²) in [6.45, 7) is 5.85. The molecule has 2 N–H and O–H groups in total. The molecule has 2 aliphatic heterocycles. The lowest BCUT2D eigenvalue weighted by Crippen LogP contribution is -2.55. The number of aliphatic hydroxyl groups excluding tert-OH is 1. The van der Waals surface area contributed by atoms with Crippen molar-refractivity contribution in [3.05, 3.63) is 36.0 Å². The van der Waals surface area contributed by atoms with Crippen molar-refractivity contribution in [1.29, 1.82) is 0 Å². The van der Waals surface area contributed by atoms with Gasteiger partial charge in [0.15, 0.2) is 5.79 Å². The maximum absolute atomic E-state index is 12.7. The van der Waals surface area contributed by atoms with E-state index < -0.39 is 30.1 Å². The summed E-state index contributed by atoms with van der Waals surface area (Å²) in [4.78, 5) is 12.7. The van der Waals surface area contributed by atoms with Gasteiger partial charge in [0, 0.05) is 37.7 Å². The first kappa shape index (κ1) is 24.7. The molecule has 0 radical (unpaired) electrons. The molecule has 1 saturated carbocycles. The molecule has 1 saturated heterocycles. The molecule has 7 atom stereocenters. The number of cyclic esters (lactones) is 1. The molecule has 0 unspecified atom stereocenters. The van der Waals surface area contributed by atoms with E-state index in [4.69, 9.17) is 14.2 Å². The van der Waals surface area contributed by atoms with Crippen LogP contribution in [-0.4, -0.2) is 53.5 Å². The van der Waals surface area contributed by atoms with Gasteiger partial charge in [-0.15, -0.1) is 0 Å². The molecule has 0 aromatic heterocycles. The maximum Gasteiger partial charge on any atom is 0.311 e. The Bertz CT molecular complexity index is 814. The van der Waals surface area contributed by atoms with Gasteiger partial charge in [0.05, 0.1) is 24.7 Å². The number of methoxy groups -OCH3 is 1. The molecule has 3 rings (SSSR count). The molecule has 176 valence electrons. The second-order valence-electron chi connectivity index (χ2n) is 9.45. The predicted molar refractivity (Wildman–Crippen MR) is 121 cm³/mol. The fraction of sp³-hybridized carbons (Fsp3) is 0.654. The van der Waals surface area contributed by atoms with Crippen LogP contribution in [0.15, 0.2) is 36.0 Å². The van der Waals surface area contributed by atoms with Crippen molar-refractivity contribution in [2.75, 3.05) is 7.11 Å². The fourth-order valence-electron chi connectivity index (χ4n) is 4.40. The first-order valence-corrected chi connectivity index (χ1v) is 11.5. The Morgan fingerprint density at radius 1 is 1.25 bits per heavy atom. The summed E-state index contributed by atoms with van der Waals surface area (Å²) >= 11 is 0. The van der Waals surface area contributed by atoms with E-state index in [1.54, 1.807) is 13.2 Å². The van der Waals surface area contributed by atoms with Crippen LogP contribution in [0.5, 0.6) is 0 Å². The Morgan fingerprint density at radius 3 is 2.69 bits per heavy atom. The molecule has 1 aliphatic carbocycles. The first-order valence-electron chi connectivity index (χ1n) is 11.5. The van der Waals surface area contributed by atoms with E-state index in [1.165, 1.54) is 12.8 Å². The molecular weight excluding hydrogens is 408 g/mol. The number of hydrogen-bond acceptors (Lipinski definition) is 6. The number of fused-ring (bicyclic) bond motifs is 2. The molecule has 0 aromatic carbocycles. The molecule has 0 aromatic rings. The van der Waals surface area contributed by atoms with Crippen LogP contribution in [0.4, 0.5) is 0 Å². The molecule has 6 nitrogen and oxygen atoms in total. The smallest absolute Gasteiger partial charge is 0.311 e.